The maximum atomic E-state index is 10.4. The maximum absolute atomic E-state index is 10.4. The Labute approximate surface area is 144 Å². The van der Waals surface area contributed by atoms with E-state index in [4.69, 9.17) is 0 Å². The molecule has 0 spiro atoms. The molecule has 0 saturated heterocycles. The number of rotatable bonds is 5. The van der Waals surface area contributed by atoms with Crippen molar-refractivity contribution < 1.29 is 5.11 Å². The van der Waals surface area contributed by atoms with Gasteiger partial charge in [0.15, 0.2) is 11.0 Å². The first kappa shape index (κ1) is 16.2. The molecule has 0 unspecified atom stereocenters. The number of nitrogens with zero attached hydrogens (tertiary/aromatic N) is 3. The molecule has 1 aromatic carbocycles. The molecule has 0 aliphatic carbocycles. The first-order valence-corrected chi connectivity index (χ1v) is 9.24. The highest BCUT2D eigenvalue weighted by molar-refractivity contribution is 7.99. The molecule has 3 rings (SSSR count). The summed E-state index contributed by atoms with van der Waals surface area (Å²) in [4.78, 5) is 1.10. The van der Waals surface area contributed by atoms with E-state index >= 15 is 0 Å². The van der Waals surface area contributed by atoms with E-state index in [-0.39, 0.29) is 0 Å². The van der Waals surface area contributed by atoms with E-state index in [0.717, 1.165) is 21.4 Å². The van der Waals surface area contributed by atoms with E-state index in [1.807, 2.05) is 41.3 Å². The Morgan fingerprint density at radius 3 is 2.74 bits per heavy atom. The summed E-state index contributed by atoms with van der Waals surface area (Å²) in [5.74, 6) is 1.42. The lowest BCUT2D eigenvalue weighted by Crippen LogP contribution is -2.03. The molecule has 1 atom stereocenters. The van der Waals surface area contributed by atoms with Gasteiger partial charge in [-0.15, -0.1) is 21.5 Å². The number of aliphatic hydroxyl groups is 1. The average molecular weight is 345 g/mol. The zero-order valence-corrected chi connectivity index (χ0v) is 15.0. The number of benzene rings is 1. The van der Waals surface area contributed by atoms with Crippen LogP contribution in [-0.2, 0) is 7.05 Å². The van der Waals surface area contributed by atoms with Crippen LogP contribution >= 0.6 is 23.1 Å². The predicted octanol–water partition coefficient (Wildman–Crippen LogP) is 3.99. The zero-order chi connectivity index (χ0) is 16.4. The van der Waals surface area contributed by atoms with Crippen LogP contribution in [0, 0.1) is 13.8 Å². The fourth-order valence-electron chi connectivity index (χ4n) is 2.28. The third kappa shape index (κ3) is 3.49. The van der Waals surface area contributed by atoms with Crippen LogP contribution in [0.3, 0.4) is 0 Å². The van der Waals surface area contributed by atoms with Crippen molar-refractivity contribution in [2.24, 2.45) is 7.05 Å². The maximum Gasteiger partial charge on any atom is 0.191 e. The molecule has 2 aromatic heterocycles. The van der Waals surface area contributed by atoms with Crippen molar-refractivity contribution in [3.63, 3.8) is 0 Å². The minimum absolute atomic E-state index is 0.513. The van der Waals surface area contributed by atoms with E-state index in [2.05, 4.69) is 30.1 Å². The number of thiophene rings is 1. The second-order valence-corrected chi connectivity index (χ2v) is 7.45. The number of aliphatic hydroxyl groups excluding tert-OH is 1. The predicted molar refractivity (Wildman–Crippen MR) is 95.9 cm³/mol. The summed E-state index contributed by atoms with van der Waals surface area (Å²) in [6.45, 7) is 4.14. The standard InChI is InChI=1S/C17H19N3OS2/c1-11-6-7-13(9-12(11)2)14(21)10-23-17-19-18-16(20(17)3)15-5-4-8-22-15/h4-9,14,21H,10H2,1-3H3/t14-/m1/s1. The molecule has 3 aromatic rings. The summed E-state index contributed by atoms with van der Waals surface area (Å²) in [7, 11) is 1.96. The van der Waals surface area contributed by atoms with Crippen molar-refractivity contribution in [3.05, 3.63) is 52.4 Å². The highest BCUT2D eigenvalue weighted by Gasteiger charge is 2.15. The van der Waals surface area contributed by atoms with Crippen molar-refractivity contribution >= 4 is 23.1 Å². The Hall–Kier alpha value is -1.63. The number of thioether (sulfide) groups is 1. The summed E-state index contributed by atoms with van der Waals surface area (Å²) in [6, 6.07) is 10.1. The Morgan fingerprint density at radius 2 is 2.04 bits per heavy atom. The molecule has 1 N–H and O–H groups in total. The molecule has 0 fully saturated rings. The molecule has 0 bridgehead atoms. The van der Waals surface area contributed by atoms with Gasteiger partial charge in [0.1, 0.15) is 0 Å². The van der Waals surface area contributed by atoms with E-state index in [0.29, 0.717) is 5.75 Å². The molecule has 23 heavy (non-hydrogen) atoms. The van der Waals surface area contributed by atoms with Gasteiger partial charge in [-0.1, -0.05) is 36.0 Å². The van der Waals surface area contributed by atoms with Gasteiger partial charge in [-0.25, -0.2) is 0 Å². The van der Waals surface area contributed by atoms with Gasteiger partial charge in [0, 0.05) is 12.8 Å². The van der Waals surface area contributed by atoms with Gasteiger partial charge in [-0.3, -0.25) is 0 Å². The van der Waals surface area contributed by atoms with Crippen LogP contribution in [0.4, 0.5) is 0 Å². The number of hydrogen-bond donors (Lipinski definition) is 1. The van der Waals surface area contributed by atoms with Gasteiger partial charge >= 0.3 is 0 Å². The Morgan fingerprint density at radius 1 is 1.22 bits per heavy atom. The second-order valence-electron chi connectivity index (χ2n) is 5.51. The van der Waals surface area contributed by atoms with Crippen LogP contribution in [0.2, 0.25) is 0 Å². The van der Waals surface area contributed by atoms with Crippen LogP contribution < -0.4 is 0 Å². The molecular formula is C17H19N3OS2. The zero-order valence-electron chi connectivity index (χ0n) is 13.4. The molecule has 2 heterocycles. The lowest BCUT2D eigenvalue weighted by molar-refractivity contribution is 0.204. The first-order chi connectivity index (χ1) is 11.1. The highest BCUT2D eigenvalue weighted by atomic mass is 32.2. The molecule has 0 radical (unpaired) electrons. The molecule has 0 aliphatic heterocycles. The third-order valence-electron chi connectivity index (χ3n) is 3.86. The SMILES string of the molecule is Cc1ccc([C@H](O)CSc2nnc(-c3cccs3)n2C)cc1C. The van der Waals surface area contributed by atoms with Crippen LogP contribution in [0.1, 0.15) is 22.8 Å². The summed E-state index contributed by atoms with van der Waals surface area (Å²) >= 11 is 3.17. The van der Waals surface area contributed by atoms with Crippen molar-refractivity contribution in [1.29, 1.82) is 0 Å². The van der Waals surface area contributed by atoms with Crippen LogP contribution in [0.15, 0.2) is 40.9 Å². The van der Waals surface area contributed by atoms with E-state index in [1.54, 1.807) is 11.3 Å². The fourth-order valence-corrected chi connectivity index (χ4v) is 3.90. The normalized spacial score (nSPS) is 12.5. The van der Waals surface area contributed by atoms with Crippen molar-refractivity contribution in [2.45, 2.75) is 25.1 Å². The molecule has 4 nitrogen and oxygen atoms in total. The summed E-state index contributed by atoms with van der Waals surface area (Å²) in [5.41, 5.74) is 3.38. The van der Waals surface area contributed by atoms with E-state index in [9.17, 15) is 5.11 Å². The number of hydrogen-bond acceptors (Lipinski definition) is 5. The molecule has 0 aliphatic rings. The molecule has 120 valence electrons. The lowest BCUT2D eigenvalue weighted by Gasteiger charge is -2.12. The Bertz CT molecular complexity index is 796. The Balaban J connectivity index is 1.70. The van der Waals surface area contributed by atoms with Gasteiger partial charge < -0.3 is 9.67 Å². The lowest BCUT2D eigenvalue weighted by atomic mass is 10.0. The fraction of sp³-hybridized carbons (Fsp3) is 0.294. The largest absolute Gasteiger partial charge is 0.388 e. The van der Waals surface area contributed by atoms with E-state index in [1.165, 1.54) is 22.9 Å². The van der Waals surface area contributed by atoms with Crippen LogP contribution in [0.25, 0.3) is 10.7 Å². The quantitative estimate of drug-likeness (QED) is 0.711. The molecule has 6 heteroatoms. The summed E-state index contributed by atoms with van der Waals surface area (Å²) < 4.78 is 1.98. The van der Waals surface area contributed by atoms with Gasteiger partial charge in [0.05, 0.1) is 11.0 Å². The minimum Gasteiger partial charge on any atom is -0.388 e. The molecule has 0 amide bonds. The number of aromatic nitrogens is 3. The van der Waals surface area contributed by atoms with E-state index < -0.39 is 6.10 Å². The van der Waals surface area contributed by atoms with Crippen molar-refractivity contribution in [3.8, 4) is 10.7 Å². The monoisotopic (exact) mass is 345 g/mol. The molecular weight excluding hydrogens is 326 g/mol. The van der Waals surface area contributed by atoms with Gasteiger partial charge in [-0.2, -0.15) is 0 Å². The summed E-state index contributed by atoms with van der Waals surface area (Å²) in [5, 5.41) is 21.7. The van der Waals surface area contributed by atoms with Crippen LogP contribution in [-0.4, -0.2) is 25.6 Å². The Kier molecular flexibility index (Phi) is 4.84. The average Bonchev–Trinajstić information content (AvgIpc) is 3.17. The smallest absolute Gasteiger partial charge is 0.191 e. The second kappa shape index (κ2) is 6.86. The minimum atomic E-state index is -0.513. The van der Waals surface area contributed by atoms with Crippen LogP contribution in [0.5, 0.6) is 0 Å². The third-order valence-corrected chi connectivity index (χ3v) is 5.82. The van der Waals surface area contributed by atoms with Gasteiger partial charge in [0.2, 0.25) is 0 Å². The topological polar surface area (TPSA) is 50.9 Å². The van der Waals surface area contributed by atoms with Gasteiger partial charge in [-0.05, 0) is 42.0 Å². The van der Waals surface area contributed by atoms with Crippen molar-refractivity contribution in [1.82, 2.24) is 14.8 Å². The first-order valence-electron chi connectivity index (χ1n) is 7.37. The number of aryl methyl sites for hydroxylation is 2. The van der Waals surface area contributed by atoms with Crippen molar-refractivity contribution in [2.75, 3.05) is 5.75 Å². The highest BCUT2D eigenvalue weighted by Crippen LogP contribution is 2.28. The molecule has 0 saturated carbocycles. The summed E-state index contributed by atoms with van der Waals surface area (Å²) in [6.07, 6.45) is -0.513. The van der Waals surface area contributed by atoms with Gasteiger partial charge in [0.25, 0.3) is 0 Å².